The van der Waals surface area contributed by atoms with Crippen LogP contribution in [0.2, 0.25) is 0 Å². The number of benzene rings is 3. The van der Waals surface area contributed by atoms with Gasteiger partial charge in [-0.25, -0.2) is 4.79 Å². The largest absolute Gasteiger partial charge is 0.462 e. The van der Waals surface area contributed by atoms with E-state index in [1.54, 1.807) is 6.92 Å². The van der Waals surface area contributed by atoms with Crippen LogP contribution in [0.4, 0.5) is 16.4 Å². The Bertz CT molecular complexity index is 1450. The zero-order chi connectivity index (χ0) is 27.8. The highest BCUT2D eigenvalue weighted by atomic mass is 32.2. The highest BCUT2D eigenvalue weighted by molar-refractivity contribution is 8.00. The average Bonchev–Trinajstić information content (AvgIpc) is 3.34. The van der Waals surface area contributed by atoms with Gasteiger partial charge in [0.1, 0.15) is 10.6 Å². The van der Waals surface area contributed by atoms with Gasteiger partial charge in [-0.1, -0.05) is 54.1 Å². The molecule has 0 fully saturated rings. The number of anilines is 3. The van der Waals surface area contributed by atoms with Gasteiger partial charge in [-0.2, -0.15) is 0 Å². The molecule has 1 unspecified atom stereocenters. The third kappa shape index (κ3) is 7.69. The summed E-state index contributed by atoms with van der Waals surface area (Å²) in [6.45, 7) is 5.88. The predicted octanol–water partition coefficient (Wildman–Crippen LogP) is 7.83. The van der Waals surface area contributed by atoms with E-state index in [1.165, 1.54) is 28.7 Å². The molecule has 0 aliphatic heterocycles. The maximum atomic E-state index is 13.2. The van der Waals surface area contributed by atoms with Crippen molar-refractivity contribution in [3.63, 3.8) is 0 Å². The van der Waals surface area contributed by atoms with E-state index in [2.05, 4.69) is 16.0 Å². The summed E-state index contributed by atoms with van der Waals surface area (Å²) in [6.07, 6.45) is 0. The molecule has 0 radical (unpaired) electrons. The lowest BCUT2D eigenvalue weighted by molar-refractivity contribution is -0.115. The first-order valence-electron chi connectivity index (χ1n) is 12.4. The van der Waals surface area contributed by atoms with E-state index in [1.807, 2.05) is 98.1 Å². The molecule has 1 heterocycles. The Morgan fingerprint density at radius 3 is 2.38 bits per heavy atom. The maximum Gasteiger partial charge on any atom is 0.341 e. The van der Waals surface area contributed by atoms with Gasteiger partial charge in [0.2, 0.25) is 5.91 Å². The van der Waals surface area contributed by atoms with E-state index in [-0.39, 0.29) is 12.5 Å². The molecule has 3 N–H and O–H groups in total. The number of rotatable bonds is 9. The second-order valence-electron chi connectivity index (χ2n) is 8.66. The first-order chi connectivity index (χ1) is 18.8. The Kier molecular flexibility index (Phi) is 9.75. The second kappa shape index (κ2) is 13.4. The third-order valence-electron chi connectivity index (χ3n) is 5.68. The number of amides is 1. The number of thiophene rings is 1. The van der Waals surface area contributed by atoms with Crippen molar-refractivity contribution in [3.8, 4) is 11.1 Å². The van der Waals surface area contributed by atoms with Crippen molar-refractivity contribution in [2.75, 3.05) is 22.6 Å². The minimum atomic E-state index is -0.456. The highest BCUT2D eigenvalue weighted by Crippen LogP contribution is 2.37. The fourth-order valence-electron chi connectivity index (χ4n) is 3.73. The molecule has 4 rings (SSSR count). The van der Waals surface area contributed by atoms with Gasteiger partial charge in [0, 0.05) is 27.2 Å². The van der Waals surface area contributed by atoms with Crippen LogP contribution in [0.5, 0.6) is 0 Å². The summed E-state index contributed by atoms with van der Waals surface area (Å²) in [5.74, 6) is -0.663. The Morgan fingerprint density at radius 2 is 1.67 bits per heavy atom. The van der Waals surface area contributed by atoms with Gasteiger partial charge in [-0.05, 0) is 68.9 Å². The molecule has 6 nitrogen and oxygen atoms in total. The zero-order valence-corrected chi connectivity index (χ0v) is 24.3. The molecule has 200 valence electrons. The van der Waals surface area contributed by atoms with Crippen molar-refractivity contribution in [1.29, 1.82) is 0 Å². The molecular formula is C30H29N3O3S3. The number of hydrogen-bond acceptors (Lipinski definition) is 6. The molecule has 0 aliphatic carbocycles. The van der Waals surface area contributed by atoms with Gasteiger partial charge in [-0.3, -0.25) is 4.79 Å². The van der Waals surface area contributed by atoms with Crippen LogP contribution in [0, 0.1) is 6.92 Å². The molecule has 0 aliphatic rings. The van der Waals surface area contributed by atoms with Crippen LogP contribution in [0.25, 0.3) is 11.1 Å². The summed E-state index contributed by atoms with van der Waals surface area (Å²) >= 11 is 8.19. The third-order valence-corrected chi connectivity index (χ3v) is 7.87. The van der Waals surface area contributed by atoms with E-state index >= 15 is 0 Å². The van der Waals surface area contributed by atoms with Gasteiger partial charge in [-0.15, -0.1) is 23.1 Å². The number of carbonyl (C=O) groups excluding carboxylic acids is 2. The summed E-state index contributed by atoms with van der Waals surface area (Å²) in [5, 5.41) is 11.7. The first-order valence-corrected chi connectivity index (χ1v) is 14.6. The molecule has 0 saturated carbocycles. The summed E-state index contributed by atoms with van der Waals surface area (Å²) < 4.78 is 5.30. The van der Waals surface area contributed by atoms with E-state index in [9.17, 15) is 9.59 Å². The fourth-order valence-corrected chi connectivity index (χ4v) is 5.86. The Morgan fingerprint density at radius 1 is 0.949 bits per heavy atom. The standard InChI is InChI=1S/C30H29N3O3S3/c1-4-36-29(35)26-25(21-9-6-5-7-10-21)18-38-28(26)33-27(34)20(3)39-24-12-8-11-23(17-24)32-30(37)31-22-15-13-19(2)14-16-22/h5-18,20H,4H2,1-3H3,(H,33,34)(H2,31,32,37). The second-order valence-corrected chi connectivity index (χ2v) is 11.4. The smallest absolute Gasteiger partial charge is 0.341 e. The normalized spacial score (nSPS) is 11.4. The molecule has 0 saturated heterocycles. The monoisotopic (exact) mass is 575 g/mol. The van der Waals surface area contributed by atoms with E-state index in [0.29, 0.717) is 15.7 Å². The van der Waals surface area contributed by atoms with Crippen LogP contribution in [0.1, 0.15) is 29.8 Å². The minimum Gasteiger partial charge on any atom is -0.462 e. The quantitative estimate of drug-likeness (QED) is 0.107. The van der Waals surface area contributed by atoms with Gasteiger partial charge >= 0.3 is 5.97 Å². The number of carbonyl (C=O) groups is 2. The molecule has 1 aromatic heterocycles. The molecule has 0 spiro atoms. The number of hydrogen-bond donors (Lipinski definition) is 3. The zero-order valence-electron chi connectivity index (χ0n) is 21.8. The minimum absolute atomic E-state index is 0.207. The number of ether oxygens (including phenoxy) is 1. The van der Waals surface area contributed by atoms with Crippen molar-refractivity contribution in [3.05, 3.63) is 95.4 Å². The van der Waals surface area contributed by atoms with Crippen LogP contribution in [0.15, 0.2) is 89.1 Å². The van der Waals surface area contributed by atoms with Crippen molar-refractivity contribution in [2.24, 2.45) is 0 Å². The molecule has 3 aromatic carbocycles. The van der Waals surface area contributed by atoms with Crippen LogP contribution < -0.4 is 16.0 Å². The van der Waals surface area contributed by atoms with E-state index < -0.39 is 11.2 Å². The molecule has 9 heteroatoms. The maximum absolute atomic E-state index is 13.2. The lowest BCUT2D eigenvalue weighted by atomic mass is 10.0. The molecule has 1 atom stereocenters. The highest BCUT2D eigenvalue weighted by Gasteiger charge is 2.24. The first kappa shape index (κ1) is 28.4. The van der Waals surface area contributed by atoms with Crippen LogP contribution in [-0.4, -0.2) is 28.8 Å². The number of thioether (sulfide) groups is 1. The van der Waals surface area contributed by atoms with Gasteiger partial charge in [0.05, 0.1) is 11.9 Å². The molecule has 39 heavy (non-hydrogen) atoms. The summed E-state index contributed by atoms with van der Waals surface area (Å²) in [5.41, 5.74) is 4.89. The summed E-state index contributed by atoms with van der Waals surface area (Å²) in [6, 6.07) is 25.3. The molecule has 4 aromatic rings. The Labute approximate surface area is 242 Å². The number of nitrogens with one attached hydrogen (secondary N) is 3. The van der Waals surface area contributed by atoms with Crippen molar-refractivity contribution < 1.29 is 14.3 Å². The molecule has 0 bridgehead atoms. The van der Waals surface area contributed by atoms with E-state index in [0.717, 1.165) is 27.4 Å². The SMILES string of the molecule is CCOC(=O)c1c(-c2ccccc2)csc1NC(=O)C(C)Sc1cccc(NC(=S)Nc2ccc(C)cc2)c1. The average molecular weight is 576 g/mol. The Hall–Kier alpha value is -3.66. The van der Waals surface area contributed by atoms with E-state index in [4.69, 9.17) is 17.0 Å². The topological polar surface area (TPSA) is 79.5 Å². The predicted molar refractivity (Wildman–Crippen MR) is 167 cm³/mol. The lowest BCUT2D eigenvalue weighted by Gasteiger charge is -2.14. The molecule has 1 amide bonds. The van der Waals surface area contributed by atoms with Gasteiger partial charge < -0.3 is 20.7 Å². The van der Waals surface area contributed by atoms with Gasteiger partial charge in [0.15, 0.2) is 5.11 Å². The Balaban J connectivity index is 1.42. The fraction of sp³-hybridized carbons (Fsp3) is 0.167. The number of aryl methyl sites for hydroxylation is 1. The number of esters is 1. The summed E-state index contributed by atoms with van der Waals surface area (Å²) in [7, 11) is 0. The van der Waals surface area contributed by atoms with Crippen molar-refractivity contribution in [2.45, 2.75) is 30.9 Å². The van der Waals surface area contributed by atoms with Crippen molar-refractivity contribution in [1.82, 2.24) is 0 Å². The van der Waals surface area contributed by atoms with Crippen LogP contribution in [0.3, 0.4) is 0 Å². The molecular weight excluding hydrogens is 547 g/mol. The summed E-state index contributed by atoms with van der Waals surface area (Å²) in [4.78, 5) is 26.9. The van der Waals surface area contributed by atoms with Crippen LogP contribution >= 0.6 is 35.3 Å². The van der Waals surface area contributed by atoms with Crippen LogP contribution in [-0.2, 0) is 9.53 Å². The lowest BCUT2D eigenvalue weighted by Crippen LogP contribution is -2.23. The van der Waals surface area contributed by atoms with Crippen molar-refractivity contribution >= 4 is 68.7 Å². The van der Waals surface area contributed by atoms with Gasteiger partial charge in [0.25, 0.3) is 0 Å². The number of thiocarbonyl (C=S) groups is 1.